The Labute approximate surface area is 182 Å². The van der Waals surface area contributed by atoms with E-state index in [1.165, 1.54) is 21.4 Å². The first kappa shape index (κ1) is 21.8. The summed E-state index contributed by atoms with van der Waals surface area (Å²) in [4.78, 5) is 5.19. The largest absolute Gasteiger partial charge is 0.416 e. The molecule has 0 N–H and O–H groups in total. The van der Waals surface area contributed by atoms with Crippen LogP contribution in [0, 0.1) is 0 Å². The van der Waals surface area contributed by atoms with Crippen LogP contribution >= 0.6 is 34.4 Å². The predicted octanol–water partition coefficient (Wildman–Crippen LogP) is 6.10. The van der Waals surface area contributed by atoms with Gasteiger partial charge in [-0.05, 0) is 51.8 Å². The summed E-state index contributed by atoms with van der Waals surface area (Å²) in [5.74, 6) is 0. The number of alkyl halides is 6. The topological polar surface area (TPSA) is 56.5 Å². The van der Waals surface area contributed by atoms with Gasteiger partial charge in [-0.2, -0.15) is 26.3 Å². The highest BCUT2D eigenvalue weighted by Gasteiger charge is 2.37. The van der Waals surface area contributed by atoms with Crippen LogP contribution in [0.1, 0.15) is 16.0 Å². The maximum atomic E-state index is 13.1. The van der Waals surface area contributed by atoms with Gasteiger partial charge in [0.15, 0.2) is 4.34 Å². The summed E-state index contributed by atoms with van der Waals surface area (Å²) >= 11 is 3.66. The molecule has 0 radical (unpaired) electrons. The molecule has 5 nitrogen and oxygen atoms in total. The van der Waals surface area contributed by atoms with E-state index in [0.717, 1.165) is 28.0 Å². The van der Waals surface area contributed by atoms with Crippen LogP contribution in [-0.4, -0.2) is 25.2 Å². The van der Waals surface area contributed by atoms with E-state index in [9.17, 15) is 26.3 Å². The Morgan fingerprint density at radius 2 is 1.68 bits per heavy atom. The van der Waals surface area contributed by atoms with Gasteiger partial charge in [0.25, 0.3) is 0 Å². The Morgan fingerprint density at radius 1 is 0.968 bits per heavy atom. The van der Waals surface area contributed by atoms with Crippen molar-refractivity contribution < 1.29 is 26.3 Å². The first-order valence-electron chi connectivity index (χ1n) is 8.31. The Hall–Kier alpha value is -2.45. The van der Waals surface area contributed by atoms with Crippen LogP contribution in [0.3, 0.4) is 0 Å². The van der Waals surface area contributed by atoms with Gasteiger partial charge in [-0.25, -0.2) is 9.67 Å². The number of tetrazole rings is 1. The lowest BCUT2D eigenvalue weighted by molar-refractivity contribution is -0.143. The fraction of sp³-hybridized carbons (Fsp3) is 0.176. The summed E-state index contributed by atoms with van der Waals surface area (Å²) in [6.07, 6.45) is -9.85. The normalized spacial score (nSPS) is 12.5. The summed E-state index contributed by atoms with van der Waals surface area (Å²) < 4.78 is 80.5. The first-order chi connectivity index (χ1) is 14.6. The lowest BCUT2D eigenvalue weighted by Crippen LogP contribution is -2.11. The average Bonchev–Trinajstić information content (AvgIpc) is 3.44. The van der Waals surface area contributed by atoms with E-state index >= 15 is 0 Å². The van der Waals surface area contributed by atoms with E-state index in [0.29, 0.717) is 28.2 Å². The molecule has 3 aromatic heterocycles. The van der Waals surface area contributed by atoms with Crippen LogP contribution in [0.15, 0.2) is 50.6 Å². The van der Waals surface area contributed by atoms with Gasteiger partial charge in [-0.3, -0.25) is 0 Å². The second kappa shape index (κ2) is 8.24. The third kappa shape index (κ3) is 5.07. The van der Waals surface area contributed by atoms with Crippen molar-refractivity contribution >= 4 is 34.4 Å². The van der Waals surface area contributed by atoms with Crippen LogP contribution in [-0.2, 0) is 18.9 Å². The van der Waals surface area contributed by atoms with E-state index in [1.54, 1.807) is 0 Å². The second-order valence-electron chi connectivity index (χ2n) is 6.09. The Kier molecular flexibility index (Phi) is 5.79. The molecular formula is C17H9F6N5S3. The molecule has 3 heterocycles. The Bertz CT molecular complexity index is 1150. The molecule has 4 aromatic rings. The number of halogens is 6. The summed E-state index contributed by atoms with van der Waals surface area (Å²) in [5.41, 5.74) is -3.05. The van der Waals surface area contributed by atoms with Crippen LogP contribution in [0.2, 0.25) is 0 Å². The minimum Gasteiger partial charge on any atom is -0.229 e. The van der Waals surface area contributed by atoms with Gasteiger partial charge in [-0.15, -0.1) is 27.8 Å². The molecule has 0 aliphatic carbocycles. The van der Waals surface area contributed by atoms with Gasteiger partial charge in [-0.1, -0.05) is 6.07 Å². The molecule has 0 aliphatic rings. The predicted molar refractivity (Wildman–Crippen MR) is 103 cm³/mol. The molecule has 0 aliphatic heterocycles. The zero-order valence-electron chi connectivity index (χ0n) is 15.0. The van der Waals surface area contributed by atoms with Crippen molar-refractivity contribution in [3.63, 3.8) is 0 Å². The number of thiophene rings is 1. The van der Waals surface area contributed by atoms with Crippen molar-refractivity contribution in [3.8, 4) is 11.3 Å². The standard InChI is InChI=1S/C17H9F6N5S3/c18-16(19,20)10-4-9(5-11(6-10)17(21,22)23)13-8-30-15(24-13)31-14-25-26-27-28(14)7-12-2-1-3-29-12/h1-6,8H,7H2. The molecule has 0 fully saturated rings. The summed E-state index contributed by atoms with van der Waals surface area (Å²) in [5, 5.41) is 15.1. The van der Waals surface area contributed by atoms with Crippen LogP contribution in [0.25, 0.3) is 11.3 Å². The molecule has 0 atom stereocenters. The number of rotatable bonds is 5. The molecule has 162 valence electrons. The highest BCUT2D eigenvalue weighted by molar-refractivity contribution is 8.00. The van der Waals surface area contributed by atoms with E-state index < -0.39 is 23.5 Å². The van der Waals surface area contributed by atoms with Crippen LogP contribution in [0.5, 0.6) is 0 Å². The van der Waals surface area contributed by atoms with E-state index in [-0.39, 0.29) is 17.3 Å². The Balaban J connectivity index is 1.62. The van der Waals surface area contributed by atoms with Crippen molar-refractivity contribution in [3.05, 3.63) is 57.1 Å². The number of benzene rings is 1. The van der Waals surface area contributed by atoms with E-state index in [1.807, 2.05) is 17.5 Å². The molecule has 0 spiro atoms. The molecule has 0 saturated carbocycles. The van der Waals surface area contributed by atoms with Crippen molar-refractivity contribution in [1.29, 1.82) is 0 Å². The SMILES string of the molecule is FC(F)(F)c1cc(-c2csc(Sc3nnnn3Cc3cccs3)n2)cc(C(F)(F)F)c1. The van der Waals surface area contributed by atoms with Crippen molar-refractivity contribution in [2.75, 3.05) is 0 Å². The van der Waals surface area contributed by atoms with Gasteiger partial charge in [0, 0.05) is 15.8 Å². The summed E-state index contributed by atoms with van der Waals surface area (Å²) in [6, 6.07) is 5.19. The molecule has 31 heavy (non-hydrogen) atoms. The lowest BCUT2D eigenvalue weighted by Gasteiger charge is -2.13. The minimum atomic E-state index is -4.92. The van der Waals surface area contributed by atoms with E-state index in [2.05, 4.69) is 20.5 Å². The fourth-order valence-electron chi connectivity index (χ4n) is 2.54. The van der Waals surface area contributed by atoms with Crippen molar-refractivity contribution in [2.45, 2.75) is 28.4 Å². The number of nitrogens with zero attached hydrogens (tertiary/aromatic N) is 5. The highest BCUT2D eigenvalue weighted by atomic mass is 32.2. The van der Waals surface area contributed by atoms with Gasteiger partial charge in [0.2, 0.25) is 5.16 Å². The van der Waals surface area contributed by atoms with Crippen LogP contribution < -0.4 is 0 Å². The first-order valence-corrected chi connectivity index (χ1v) is 10.9. The van der Waals surface area contributed by atoms with Gasteiger partial charge in [0.1, 0.15) is 0 Å². The molecule has 14 heteroatoms. The number of aromatic nitrogens is 5. The monoisotopic (exact) mass is 493 g/mol. The molecule has 0 unspecified atom stereocenters. The molecule has 0 bridgehead atoms. The second-order valence-corrected chi connectivity index (χ2v) is 9.20. The van der Waals surface area contributed by atoms with Crippen molar-refractivity contribution in [1.82, 2.24) is 25.2 Å². The molecule has 1 aromatic carbocycles. The smallest absolute Gasteiger partial charge is 0.229 e. The zero-order chi connectivity index (χ0) is 22.2. The van der Waals surface area contributed by atoms with Gasteiger partial charge >= 0.3 is 12.4 Å². The molecule has 4 rings (SSSR count). The quantitative estimate of drug-likeness (QED) is 0.315. The zero-order valence-corrected chi connectivity index (χ0v) is 17.4. The summed E-state index contributed by atoms with van der Waals surface area (Å²) in [6.45, 7) is 0.424. The molecular weight excluding hydrogens is 484 g/mol. The third-order valence-electron chi connectivity index (χ3n) is 3.93. The third-order valence-corrected chi connectivity index (χ3v) is 6.70. The number of hydrogen-bond donors (Lipinski definition) is 0. The van der Waals surface area contributed by atoms with Crippen LogP contribution in [0.4, 0.5) is 26.3 Å². The van der Waals surface area contributed by atoms with Crippen molar-refractivity contribution in [2.24, 2.45) is 0 Å². The highest BCUT2D eigenvalue weighted by Crippen LogP contribution is 2.39. The maximum absolute atomic E-state index is 13.1. The van der Waals surface area contributed by atoms with Gasteiger partial charge in [0.05, 0.1) is 23.4 Å². The van der Waals surface area contributed by atoms with Gasteiger partial charge < -0.3 is 0 Å². The van der Waals surface area contributed by atoms with E-state index in [4.69, 9.17) is 0 Å². The Morgan fingerprint density at radius 3 is 2.29 bits per heavy atom. The lowest BCUT2D eigenvalue weighted by atomic mass is 10.0. The fourth-order valence-corrected chi connectivity index (χ4v) is 4.92. The molecule has 0 saturated heterocycles. The molecule has 0 amide bonds. The number of hydrogen-bond acceptors (Lipinski definition) is 7. The maximum Gasteiger partial charge on any atom is 0.416 e. The summed E-state index contributed by atoms with van der Waals surface area (Å²) in [7, 11) is 0. The number of thiazole rings is 1. The minimum absolute atomic E-state index is 0.00128. The average molecular weight is 493 g/mol.